The van der Waals surface area contributed by atoms with E-state index in [-0.39, 0.29) is 0 Å². The molecule has 1 saturated carbocycles. The maximum atomic E-state index is 5.56. The van der Waals surface area contributed by atoms with Crippen molar-refractivity contribution in [1.82, 2.24) is 0 Å². The van der Waals surface area contributed by atoms with Gasteiger partial charge in [0.05, 0.1) is 18.8 Å². The van der Waals surface area contributed by atoms with Crippen LogP contribution in [-0.2, 0) is 9.47 Å². The third-order valence-electron chi connectivity index (χ3n) is 2.38. The zero-order chi connectivity index (χ0) is 8.81. The first kappa shape index (κ1) is 9.96. The summed E-state index contributed by atoms with van der Waals surface area (Å²) in [5, 5.41) is 0. The summed E-state index contributed by atoms with van der Waals surface area (Å²) >= 11 is 0. The van der Waals surface area contributed by atoms with Crippen LogP contribution in [-0.4, -0.2) is 32.5 Å². The van der Waals surface area contributed by atoms with E-state index in [1.165, 1.54) is 19.3 Å². The average molecular weight is 173 g/mol. The molecular weight excluding hydrogens is 154 g/mol. The maximum Gasteiger partial charge on any atom is 0.0600 e. The van der Waals surface area contributed by atoms with Crippen molar-refractivity contribution in [3.05, 3.63) is 0 Å². The van der Waals surface area contributed by atoms with Crippen molar-refractivity contribution in [2.24, 2.45) is 5.73 Å². The third-order valence-corrected chi connectivity index (χ3v) is 2.38. The number of rotatable bonds is 4. The second kappa shape index (κ2) is 5.51. The Morgan fingerprint density at radius 1 is 1.33 bits per heavy atom. The van der Waals surface area contributed by atoms with E-state index in [9.17, 15) is 0 Å². The Labute approximate surface area is 74.2 Å². The van der Waals surface area contributed by atoms with Crippen LogP contribution < -0.4 is 5.73 Å². The van der Waals surface area contributed by atoms with Gasteiger partial charge in [-0.2, -0.15) is 0 Å². The lowest BCUT2D eigenvalue weighted by Crippen LogP contribution is -2.28. The minimum atomic E-state index is 0.382. The van der Waals surface area contributed by atoms with Crippen molar-refractivity contribution < 1.29 is 9.47 Å². The van der Waals surface area contributed by atoms with Gasteiger partial charge >= 0.3 is 0 Å². The fourth-order valence-electron chi connectivity index (χ4n) is 1.70. The van der Waals surface area contributed by atoms with Gasteiger partial charge in [0, 0.05) is 13.7 Å². The molecule has 0 radical (unpaired) electrons. The molecule has 12 heavy (non-hydrogen) atoms. The molecule has 72 valence electrons. The topological polar surface area (TPSA) is 44.5 Å². The molecule has 0 aromatic rings. The van der Waals surface area contributed by atoms with Gasteiger partial charge in [0.15, 0.2) is 0 Å². The molecule has 2 unspecified atom stereocenters. The quantitative estimate of drug-likeness (QED) is 0.687. The zero-order valence-electron chi connectivity index (χ0n) is 7.79. The lowest BCUT2D eigenvalue weighted by atomic mass is 9.95. The molecule has 3 nitrogen and oxygen atoms in total. The predicted molar refractivity (Wildman–Crippen MR) is 48.1 cm³/mol. The molecule has 3 heteroatoms. The van der Waals surface area contributed by atoms with Crippen molar-refractivity contribution in [2.75, 3.05) is 20.3 Å². The van der Waals surface area contributed by atoms with Crippen molar-refractivity contribution in [1.29, 1.82) is 0 Å². The van der Waals surface area contributed by atoms with Crippen LogP contribution in [0.4, 0.5) is 0 Å². The van der Waals surface area contributed by atoms with Crippen LogP contribution in [0.2, 0.25) is 0 Å². The molecule has 0 amide bonds. The van der Waals surface area contributed by atoms with E-state index in [2.05, 4.69) is 0 Å². The van der Waals surface area contributed by atoms with Crippen LogP contribution in [0, 0.1) is 0 Å². The van der Waals surface area contributed by atoms with Gasteiger partial charge in [0.25, 0.3) is 0 Å². The van der Waals surface area contributed by atoms with Crippen LogP contribution in [0.5, 0.6) is 0 Å². The second-order valence-electron chi connectivity index (χ2n) is 3.31. The minimum Gasteiger partial charge on any atom is -0.381 e. The fraction of sp³-hybridized carbons (Fsp3) is 1.00. The molecule has 2 N–H and O–H groups in total. The first-order valence-corrected chi connectivity index (χ1v) is 4.71. The molecule has 1 fully saturated rings. The zero-order valence-corrected chi connectivity index (χ0v) is 7.79. The van der Waals surface area contributed by atoms with Gasteiger partial charge in [-0.25, -0.2) is 0 Å². The standard InChI is InChI=1S/C9H19NO2/c1-11-8-3-2-4-9(7-8)12-6-5-10/h8-9H,2-7,10H2,1H3. The Morgan fingerprint density at radius 2 is 2.08 bits per heavy atom. The third kappa shape index (κ3) is 3.09. The van der Waals surface area contributed by atoms with E-state index in [0.717, 1.165) is 6.42 Å². The number of hydrogen-bond donors (Lipinski definition) is 1. The molecule has 1 aliphatic rings. The minimum absolute atomic E-state index is 0.382. The first-order chi connectivity index (χ1) is 5.86. The Kier molecular flexibility index (Phi) is 4.58. The molecule has 0 aliphatic heterocycles. The number of nitrogens with two attached hydrogens (primary N) is 1. The van der Waals surface area contributed by atoms with Gasteiger partial charge in [0.2, 0.25) is 0 Å². The Bertz CT molecular complexity index is 119. The summed E-state index contributed by atoms with van der Waals surface area (Å²) in [7, 11) is 1.77. The van der Waals surface area contributed by atoms with Gasteiger partial charge in [-0.05, 0) is 25.7 Å². The van der Waals surface area contributed by atoms with Crippen molar-refractivity contribution in [2.45, 2.75) is 37.9 Å². The highest BCUT2D eigenvalue weighted by atomic mass is 16.5. The first-order valence-electron chi connectivity index (χ1n) is 4.71. The normalized spacial score (nSPS) is 30.5. The van der Waals surface area contributed by atoms with Crippen LogP contribution in [0.3, 0.4) is 0 Å². The molecule has 0 bridgehead atoms. The van der Waals surface area contributed by atoms with Gasteiger partial charge in [-0.15, -0.1) is 0 Å². The van der Waals surface area contributed by atoms with E-state index < -0.39 is 0 Å². The molecule has 0 aromatic heterocycles. The van der Waals surface area contributed by atoms with Crippen LogP contribution in [0.15, 0.2) is 0 Å². The number of methoxy groups -OCH3 is 1. The van der Waals surface area contributed by atoms with Gasteiger partial charge in [0.1, 0.15) is 0 Å². The average Bonchev–Trinajstić information content (AvgIpc) is 2.15. The van der Waals surface area contributed by atoms with Crippen molar-refractivity contribution in [3.8, 4) is 0 Å². The van der Waals surface area contributed by atoms with E-state index in [4.69, 9.17) is 15.2 Å². The predicted octanol–water partition coefficient (Wildman–Crippen LogP) is 0.919. The molecule has 0 aromatic carbocycles. The number of hydrogen-bond acceptors (Lipinski definition) is 3. The Balaban J connectivity index is 2.16. The summed E-state index contributed by atoms with van der Waals surface area (Å²) < 4.78 is 10.8. The Morgan fingerprint density at radius 3 is 2.75 bits per heavy atom. The van der Waals surface area contributed by atoms with Gasteiger partial charge in [-0.3, -0.25) is 0 Å². The van der Waals surface area contributed by atoms with Gasteiger partial charge < -0.3 is 15.2 Å². The molecule has 0 heterocycles. The molecule has 1 aliphatic carbocycles. The highest BCUT2D eigenvalue weighted by Gasteiger charge is 2.21. The monoisotopic (exact) mass is 173 g/mol. The van der Waals surface area contributed by atoms with Crippen LogP contribution >= 0.6 is 0 Å². The molecule has 0 spiro atoms. The van der Waals surface area contributed by atoms with E-state index in [1.54, 1.807) is 7.11 Å². The lowest BCUT2D eigenvalue weighted by molar-refractivity contribution is -0.0268. The fourth-order valence-corrected chi connectivity index (χ4v) is 1.70. The van der Waals surface area contributed by atoms with E-state index >= 15 is 0 Å². The molecule has 0 saturated heterocycles. The second-order valence-corrected chi connectivity index (χ2v) is 3.31. The van der Waals surface area contributed by atoms with Crippen molar-refractivity contribution >= 4 is 0 Å². The largest absolute Gasteiger partial charge is 0.381 e. The summed E-state index contributed by atoms with van der Waals surface area (Å²) in [6, 6.07) is 0. The number of ether oxygens (including phenoxy) is 2. The van der Waals surface area contributed by atoms with E-state index in [1.807, 2.05) is 0 Å². The summed E-state index contributed by atoms with van der Waals surface area (Å²) in [4.78, 5) is 0. The maximum absolute atomic E-state index is 5.56. The van der Waals surface area contributed by atoms with Crippen LogP contribution in [0.25, 0.3) is 0 Å². The molecule has 1 rings (SSSR count). The Hall–Kier alpha value is -0.120. The van der Waals surface area contributed by atoms with Crippen LogP contribution in [0.1, 0.15) is 25.7 Å². The highest BCUT2D eigenvalue weighted by Crippen LogP contribution is 2.22. The summed E-state index contributed by atoms with van der Waals surface area (Å²) in [5.74, 6) is 0. The van der Waals surface area contributed by atoms with Gasteiger partial charge in [-0.1, -0.05) is 0 Å². The lowest BCUT2D eigenvalue weighted by Gasteiger charge is -2.27. The SMILES string of the molecule is COC1CCCC(OCCN)C1. The van der Waals surface area contributed by atoms with E-state index in [0.29, 0.717) is 25.4 Å². The summed E-state index contributed by atoms with van der Waals surface area (Å²) in [5.41, 5.74) is 5.36. The highest BCUT2D eigenvalue weighted by molar-refractivity contribution is 4.73. The molecular formula is C9H19NO2. The molecule has 2 atom stereocenters. The van der Waals surface area contributed by atoms with Crippen molar-refractivity contribution in [3.63, 3.8) is 0 Å². The summed E-state index contributed by atoms with van der Waals surface area (Å²) in [6.45, 7) is 1.30. The summed E-state index contributed by atoms with van der Waals surface area (Å²) in [6.07, 6.45) is 5.39. The smallest absolute Gasteiger partial charge is 0.0600 e.